The number of aliphatic imine (C=N–C) groups is 1. The molecule has 1 amide bonds. The zero-order chi connectivity index (χ0) is 18.3. The van der Waals surface area contributed by atoms with Crippen LogP contribution in [0.15, 0.2) is 46.3 Å². The van der Waals surface area contributed by atoms with E-state index in [2.05, 4.69) is 20.6 Å². The lowest BCUT2D eigenvalue weighted by Gasteiger charge is -2.01. The van der Waals surface area contributed by atoms with Crippen molar-refractivity contribution in [2.45, 2.75) is 0 Å². The molecule has 0 unspecified atom stereocenters. The predicted molar refractivity (Wildman–Crippen MR) is 106 cm³/mol. The number of nitrogens with one attached hydrogen (secondary N) is 1. The topological polar surface area (TPSA) is 72.2 Å². The summed E-state index contributed by atoms with van der Waals surface area (Å²) in [5.41, 5.74) is 2.99. The number of carbonyl (C=O) groups excluding carboxylic acids is 1. The summed E-state index contributed by atoms with van der Waals surface area (Å²) in [6.07, 6.45) is 1.79. The van der Waals surface area contributed by atoms with Crippen molar-refractivity contribution in [2.75, 3.05) is 0 Å². The van der Waals surface area contributed by atoms with Gasteiger partial charge in [0.1, 0.15) is 11.2 Å². The second kappa shape index (κ2) is 6.75. The van der Waals surface area contributed by atoms with E-state index in [-0.39, 0.29) is 5.91 Å². The number of halogens is 2. The molecule has 0 bridgehead atoms. The normalized spacial score (nSPS) is 17.4. The number of rotatable bonds is 2. The zero-order valence-corrected chi connectivity index (χ0v) is 15.7. The van der Waals surface area contributed by atoms with Crippen LogP contribution in [0.4, 0.5) is 5.69 Å². The van der Waals surface area contributed by atoms with E-state index in [1.165, 1.54) is 11.8 Å². The van der Waals surface area contributed by atoms with Gasteiger partial charge in [0.05, 0.1) is 20.5 Å². The molecule has 9 heteroatoms. The predicted octanol–water partition coefficient (Wildman–Crippen LogP) is 4.17. The number of para-hydroxylation sites is 1. The van der Waals surface area contributed by atoms with Crippen LogP contribution in [-0.2, 0) is 11.8 Å². The summed E-state index contributed by atoms with van der Waals surface area (Å²) >= 11 is 13.5. The van der Waals surface area contributed by atoms with Gasteiger partial charge in [-0.15, -0.1) is 5.10 Å². The van der Waals surface area contributed by atoms with E-state index in [0.29, 0.717) is 25.8 Å². The van der Waals surface area contributed by atoms with E-state index >= 15 is 0 Å². The number of hydrogen-bond acceptors (Lipinski definition) is 5. The molecule has 0 spiro atoms. The second-order valence-electron chi connectivity index (χ2n) is 5.51. The summed E-state index contributed by atoms with van der Waals surface area (Å²) < 4.78 is 1.69. The summed E-state index contributed by atoms with van der Waals surface area (Å²) in [7, 11) is 1.82. The molecule has 130 valence electrons. The van der Waals surface area contributed by atoms with Crippen molar-refractivity contribution in [1.82, 2.24) is 20.3 Å². The molecule has 26 heavy (non-hydrogen) atoms. The number of fused-ring (bicyclic) bond motifs is 1. The molecule has 1 N–H and O–H groups in total. The molecule has 1 aliphatic rings. The van der Waals surface area contributed by atoms with Gasteiger partial charge in [-0.1, -0.05) is 40.5 Å². The van der Waals surface area contributed by atoms with Crippen LogP contribution in [0.5, 0.6) is 0 Å². The van der Waals surface area contributed by atoms with Crippen molar-refractivity contribution >= 4 is 68.8 Å². The summed E-state index contributed by atoms with van der Waals surface area (Å²) in [6.45, 7) is 0. The van der Waals surface area contributed by atoms with Gasteiger partial charge in [0.15, 0.2) is 5.17 Å². The van der Waals surface area contributed by atoms with Gasteiger partial charge >= 0.3 is 0 Å². The molecular formula is C17H11Cl2N5OS. The summed E-state index contributed by atoms with van der Waals surface area (Å²) in [4.78, 5) is 17.2. The van der Waals surface area contributed by atoms with Crippen LogP contribution in [0, 0.1) is 0 Å². The van der Waals surface area contributed by atoms with Crippen molar-refractivity contribution in [3.63, 3.8) is 0 Å². The molecule has 6 nitrogen and oxygen atoms in total. The van der Waals surface area contributed by atoms with E-state index in [0.717, 1.165) is 16.6 Å². The summed E-state index contributed by atoms with van der Waals surface area (Å²) in [6, 6.07) is 10.8. The Bertz CT molecular complexity index is 1090. The minimum atomic E-state index is -0.222. The third-order valence-electron chi connectivity index (χ3n) is 3.73. The Morgan fingerprint density at radius 3 is 2.77 bits per heavy atom. The fraction of sp³-hybridized carbons (Fsp3) is 0.0588. The van der Waals surface area contributed by atoms with Gasteiger partial charge in [0.25, 0.3) is 5.91 Å². The highest BCUT2D eigenvalue weighted by atomic mass is 35.5. The smallest absolute Gasteiger partial charge is 0.264 e. The maximum absolute atomic E-state index is 12.3. The van der Waals surface area contributed by atoms with E-state index in [1.807, 2.05) is 25.2 Å². The number of nitrogens with zero attached hydrogens (tertiary/aromatic N) is 4. The highest BCUT2D eigenvalue weighted by molar-refractivity contribution is 8.18. The number of hydrogen-bond donors (Lipinski definition) is 1. The van der Waals surface area contributed by atoms with Gasteiger partial charge < -0.3 is 5.32 Å². The molecule has 0 saturated carbocycles. The molecular weight excluding hydrogens is 393 g/mol. The molecule has 0 aliphatic carbocycles. The first-order valence-corrected chi connectivity index (χ1v) is 9.11. The third kappa shape index (κ3) is 3.21. The molecule has 0 atom stereocenters. The molecule has 1 aromatic heterocycles. The van der Waals surface area contributed by atoms with Crippen LogP contribution in [-0.4, -0.2) is 26.1 Å². The first kappa shape index (κ1) is 17.1. The first-order chi connectivity index (χ1) is 12.5. The minimum absolute atomic E-state index is 0.222. The number of aromatic nitrogens is 3. The maximum atomic E-state index is 12.3. The fourth-order valence-electron chi connectivity index (χ4n) is 2.47. The van der Waals surface area contributed by atoms with Crippen molar-refractivity contribution < 1.29 is 4.79 Å². The molecule has 1 aliphatic heterocycles. The minimum Gasteiger partial charge on any atom is -0.300 e. The van der Waals surface area contributed by atoms with Crippen LogP contribution in [0.1, 0.15) is 5.56 Å². The Balaban J connectivity index is 1.66. The lowest BCUT2D eigenvalue weighted by Crippen LogP contribution is -2.19. The number of thioether (sulfide) groups is 1. The number of amides is 1. The van der Waals surface area contributed by atoms with Crippen molar-refractivity contribution in [3.8, 4) is 0 Å². The van der Waals surface area contributed by atoms with Gasteiger partial charge in [-0.3, -0.25) is 4.79 Å². The monoisotopic (exact) mass is 403 g/mol. The molecule has 4 rings (SSSR count). The van der Waals surface area contributed by atoms with Gasteiger partial charge in [0, 0.05) is 7.05 Å². The molecule has 2 aromatic carbocycles. The number of benzene rings is 2. The standard InChI is InChI=1S/C17H11Cl2N5OS/c1-24-13-7-9(5-6-12(13)22-23-24)8-14-16(25)21-17(26-14)20-15-10(18)3-2-4-11(15)19/h2-8H,1H3,(H,20,21,25)/b14-8-. The van der Waals surface area contributed by atoms with E-state index < -0.39 is 0 Å². The molecule has 0 radical (unpaired) electrons. The van der Waals surface area contributed by atoms with Crippen LogP contribution in [0.3, 0.4) is 0 Å². The van der Waals surface area contributed by atoms with Gasteiger partial charge in [0.2, 0.25) is 0 Å². The Kier molecular flexibility index (Phi) is 4.44. The van der Waals surface area contributed by atoms with E-state index in [1.54, 1.807) is 29.0 Å². The van der Waals surface area contributed by atoms with Crippen LogP contribution in [0.25, 0.3) is 17.1 Å². The summed E-state index contributed by atoms with van der Waals surface area (Å²) in [5, 5.41) is 12.0. The molecule has 1 saturated heterocycles. The second-order valence-corrected chi connectivity index (χ2v) is 7.36. The summed E-state index contributed by atoms with van der Waals surface area (Å²) in [5.74, 6) is -0.222. The average molecular weight is 404 g/mol. The lowest BCUT2D eigenvalue weighted by atomic mass is 10.2. The quantitative estimate of drug-likeness (QED) is 0.651. The van der Waals surface area contributed by atoms with Crippen molar-refractivity contribution in [3.05, 3.63) is 56.9 Å². The Morgan fingerprint density at radius 2 is 2.00 bits per heavy atom. The van der Waals surface area contributed by atoms with Crippen molar-refractivity contribution in [2.24, 2.45) is 12.0 Å². The number of aryl methyl sites for hydroxylation is 1. The molecule has 1 fully saturated rings. The Morgan fingerprint density at radius 1 is 1.23 bits per heavy atom. The largest absolute Gasteiger partial charge is 0.300 e. The highest BCUT2D eigenvalue weighted by Gasteiger charge is 2.24. The maximum Gasteiger partial charge on any atom is 0.264 e. The SMILES string of the molecule is Cn1nnc2ccc(/C=C3\SC(=Nc4c(Cl)cccc4Cl)NC3=O)cc21. The molecule has 3 aromatic rings. The van der Waals surface area contributed by atoms with E-state index in [9.17, 15) is 4.79 Å². The average Bonchev–Trinajstić information content (AvgIpc) is 3.14. The van der Waals surface area contributed by atoms with Crippen LogP contribution >= 0.6 is 35.0 Å². The zero-order valence-electron chi connectivity index (χ0n) is 13.4. The Labute approximate surface area is 162 Å². The van der Waals surface area contributed by atoms with Crippen LogP contribution < -0.4 is 5.32 Å². The first-order valence-electron chi connectivity index (χ1n) is 7.54. The Hall–Kier alpha value is -2.35. The van der Waals surface area contributed by atoms with E-state index in [4.69, 9.17) is 23.2 Å². The number of carbonyl (C=O) groups is 1. The highest BCUT2D eigenvalue weighted by Crippen LogP contribution is 2.35. The van der Waals surface area contributed by atoms with Gasteiger partial charge in [-0.05, 0) is 47.7 Å². The number of amidine groups is 1. The third-order valence-corrected chi connectivity index (χ3v) is 5.25. The fourth-order valence-corrected chi connectivity index (χ4v) is 3.78. The van der Waals surface area contributed by atoms with Crippen molar-refractivity contribution in [1.29, 1.82) is 0 Å². The van der Waals surface area contributed by atoms with Gasteiger partial charge in [-0.2, -0.15) is 0 Å². The lowest BCUT2D eigenvalue weighted by molar-refractivity contribution is -0.115. The molecule has 2 heterocycles. The van der Waals surface area contributed by atoms with Crippen LogP contribution in [0.2, 0.25) is 10.0 Å². The van der Waals surface area contributed by atoms with Gasteiger partial charge in [-0.25, -0.2) is 9.67 Å².